The van der Waals surface area contributed by atoms with Crippen LogP contribution in [0.15, 0.2) is 4.99 Å². The third kappa shape index (κ3) is 1.15. The minimum absolute atomic E-state index is 0.170. The zero-order valence-electron chi connectivity index (χ0n) is 12.8. The van der Waals surface area contributed by atoms with Crippen LogP contribution in [0.3, 0.4) is 0 Å². The molecule has 2 heterocycles. The summed E-state index contributed by atoms with van der Waals surface area (Å²) in [6.45, 7) is 8.26. The molecule has 3 aliphatic rings. The van der Waals surface area contributed by atoms with Gasteiger partial charge in [0, 0.05) is 5.41 Å². The molecule has 6 heteroatoms. The van der Waals surface area contributed by atoms with E-state index in [4.69, 9.17) is 15.2 Å². The van der Waals surface area contributed by atoms with Crippen molar-refractivity contribution in [3.63, 3.8) is 0 Å². The summed E-state index contributed by atoms with van der Waals surface area (Å²) >= 11 is 0. The molecule has 1 saturated heterocycles. The molecule has 2 N–H and O–H groups in total. The van der Waals surface area contributed by atoms with Gasteiger partial charge >= 0.3 is 0 Å². The first-order valence-electron chi connectivity index (χ1n) is 7.27. The molecular weight excluding hydrogens is 268 g/mol. The zero-order chi connectivity index (χ0) is 15.7. The van der Waals surface area contributed by atoms with Crippen molar-refractivity contribution in [2.24, 2.45) is 32.9 Å². The van der Waals surface area contributed by atoms with Crippen LogP contribution in [0.5, 0.6) is 0 Å². The number of nitriles is 2. The number of ether oxygens (including phenoxy) is 2. The van der Waals surface area contributed by atoms with Gasteiger partial charge in [0.2, 0.25) is 0 Å². The average Bonchev–Trinajstić information content (AvgIpc) is 2.62. The highest BCUT2D eigenvalue weighted by Crippen LogP contribution is 2.87. The van der Waals surface area contributed by atoms with E-state index in [1.807, 2.05) is 13.8 Å². The van der Waals surface area contributed by atoms with E-state index in [1.54, 1.807) is 0 Å². The van der Waals surface area contributed by atoms with Crippen molar-refractivity contribution in [1.29, 1.82) is 10.5 Å². The van der Waals surface area contributed by atoms with Gasteiger partial charge < -0.3 is 15.2 Å². The Bertz CT molecular complexity index is 618. The molecule has 112 valence electrons. The number of rotatable bonds is 2. The van der Waals surface area contributed by atoms with E-state index in [-0.39, 0.29) is 11.9 Å². The van der Waals surface area contributed by atoms with Gasteiger partial charge in [0.15, 0.2) is 5.41 Å². The Hall–Kier alpha value is -1.63. The van der Waals surface area contributed by atoms with Gasteiger partial charge in [0.05, 0.1) is 24.8 Å². The van der Waals surface area contributed by atoms with Crippen LogP contribution in [0.4, 0.5) is 0 Å². The number of nitrogens with zero attached hydrogens (tertiary/aromatic N) is 3. The Morgan fingerprint density at radius 2 is 2.10 bits per heavy atom. The monoisotopic (exact) mass is 288 g/mol. The molecule has 6 nitrogen and oxygen atoms in total. The van der Waals surface area contributed by atoms with Crippen LogP contribution < -0.4 is 5.73 Å². The highest BCUT2D eigenvalue weighted by atomic mass is 16.8. The van der Waals surface area contributed by atoms with Crippen molar-refractivity contribution >= 4 is 5.84 Å². The zero-order valence-corrected chi connectivity index (χ0v) is 12.8. The van der Waals surface area contributed by atoms with Crippen LogP contribution in [0.25, 0.3) is 0 Å². The van der Waals surface area contributed by atoms with Crippen molar-refractivity contribution < 1.29 is 9.47 Å². The molecule has 0 unspecified atom stereocenters. The second-order valence-corrected chi connectivity index (χ2v) is 6.97. The minimum atomic E-state index is -1.43. The molecule has 3 rings (SSSR count). The predicted molar refractivity (Wildman–Crippen MR) is 74.5 cm³/mol. The second kappa shape index (κ2) is 3.76. The van der Waals surface area contributed by atoms with Gasteiger partial charge in [-0.1, -0.05) is 20.8 Å². The highest BCUT2D eigenvalue weighted by molar-refractivity contribution is 6.00. The molecule has 0 aromatic rings. The highest BCUT2D eigenvalue weighted by Gasteiger charge is 2.99. The Morgan fingerprint density at radius 3 is 2.52 bits per heavy atom. The van der Waals surface area contributed by atoms with Crippen LogP contribution in [-0.4, -0.2) is 24.5 Å². The van der Waals surface area contributed by atoms with Gasteiger partial charge in [0.25, 0.3) is 5.91 Å². The smallest absolute Gasteiger partial charge is 0.293 e. The van der Waals surface area contributed by atoms with Crippen LogP contribution in [-0.2, 0) is 9.47 Å². The first-order chi connectivity index (χ1) is 9.77. The number of amidine groups is 1. The molecule has 1 saturated carbocycles. The van der Waals surface area contributed by atoms with Gasteiger partial charge in [0.1, 0.15) is 11.3 Å². The fourth-order valence-corrected chi connectivity index (χ4v) is 4.66. The molecule has 2 fully saturated rings. The van der Waals surface area contributed by atoms with Gasteiger partial charge in [-0.15, -0.1) is 0 Å². The van der Waals surface area contributed by atoms with E-state index in [9.17, 15) is 10.5 Å². The number of hydrogen-bond acceptors (Lipinski definition) is 6. The van der Waals surface area contributed by atoms with Gasteiger partial charge in [-0.3, -0.25) is 0 Å². The molecule has 21 heavy (non-hydrogen) atoms. The third-order valence-electron chi connectivity index (χ3n) is 5.31. The SMILES string of the molecule is CC(C)C[C@@]1(C)[C@]2(C#N)C(N)=N[C@]3(OC[C@H](C)O3)[C@]12C#N. The van der Waals surface area contributed by atoms with Crippen molar-refractivity contribution in [1.82, 2.24) is 0 Å². The van der Waals surface area contributed by atoms with E-state index < -0.39 is 22.2 Å². The molecule has 0 radical (unpaired) electrons. The van der Waals surface area contributed by atoms with Crippen LogP contribution in [0, 0.1) is 44.8 Å². The summed E-state index contributed by atoms with van der Waals surface area (Å²) < 4.78 is 11.6. The standard InChI is InChI=1S/C15H20N4O2/c1-9(2)5-12(4)13(7-16)11(18)19-15(14(12,13)8-17)20-6-10(3)21-15/h9-10H,5-6H2,1-4H3,(H2,18,19)/t10-,12-,13-,14+,15-/m0/s1. The largest absolute Gasteiger partial charge is 0.386 e. The number of hydrogen-bond donors (Lipinski definition) is 1. The number of aliphatic imine (C=N–C) groups is 1. The molecule has 0 aromatic carbocycles. The topological polar surface area (TPSA) is 104 Å². The summed E-state index contributed by atoms with van der Waals surface area (Å²) in [5, 5.41) is 19.8. The lowest BCUT2D eigenvalue weighted by molar-refractivity contribution is -0.200. The minimum Gasteiger partial charge on any atom is -0.386 e. The predicted octanol–water partition coefficient (Wildman–Crippen LogP) is 1.53. The molecule has 1 spiro atoms. The normalized spacial score (nSPS) is 50.6. The van der Waals surface area contributed by atoms with Gasteiger partial charge in [-0.25, -0.2) is 4.99 Å². The molecule has 1 aliphatic carbocycles. The van der Waals surface area contributed by atoms with E-state index in [1.165, 1.54) is 0 Å². The van der Waals surface area contributed by atoms with Crippen molar-refractivity contribution in [2.75, 3.05) is 6.61 Å². The lowest BCUT2D eigenvalue weighted by Gasteiger charge is -2.30. The lowest BCUT2D eigenvalue weighted by atomic mass is 9.84. The van der Waals surface area contributed by atoms with Crippen LogP contribution in [0.1, 0.15) is 34.1 Å². The Kier molecular flexibility index (Phi) is 2.57. The first-order valence-corrected chi connectivity index (χ1v) is 7.27. The third-order valence-corrected chi connectivity index (χ3v) is 5.31. The summed E-state index contributed by atoms with van der Waals surface area (Å²) in [6.07, 6.45) is 0.512. The number of fused-ring (bicyclic) bond motifs is 2. The maximum Gasteiger partial charge on any atom is 0.293 e. The van der Waals surface area contributed by atoms with E-state index in [0.29, 0.717) is 18.9 Å². The van der Waals surface area contributed by atoms with Crippen LogP contribution in [0.2, 0.25) is 0 Å². The fraction of sp³-hybridized carbons (Fsp3) is 0.800. The summed E-state index contributed by atoms with van der Waals surface area (Å²) in [5.41, 5.74) is 3.19. The van der Waals surface area contributed by atoms with E-state index >= 15 is 0 Å². The lowest BCUT2D eigenvalue weighted by Crippen LogP contribution is -2.41. The summed E-state index contributed by atoms with van der Waals surface area (Å²) in [7, 11) is 0. The molecule has 2 aliphatic heterocycles. The molecular formula is C15H20N4O2. The van der Waals surface area contributed by atoms with Gasteiger partial charge in [-0.05, 0) is 19.3 Å². The quantitative estimate of drug-likeness (QED) is 0.829. The van der Waals surface area contributed by atoms with Crippen molar-refractivity contribution in [3.05, 3.63) is 0 Å². The fourth-order valence-electron chi connectivity index (χ4n) is 4.66. The summed E-state index contributed by atoms with van der Waals surface area (Å²) in [6, 6.07) is 4.60. The van der Waals surface area contributed by atoms with Gasteiger partial charge in [-0.2, -0.15) is 10.5 Å². The summed E-state index contributed by atoms with van der Waals surface area (Å²) in [5.74, 6) is -0.937. The Morgan fingerprint density at radius 1 is 1.43 bits per heavy atom. The molecule has 0 bridgehead atoms. The molecule has 0 aromatic heterocycles. The first kappa shape index (κ1) is 14.3. The van der Waals surface area contributed by atoms with E-state index in [0.717, 1.165) is 0 Å². The maximum absolute atomic E-state index is 9.95. The van der Waals surface area contributed by atoms with Crippen molar-refractivity contribution in [3.8, 4) is 12.1 Å². The Balaban J connectivity index is 2.20. The Labute approximate surface area is 124 Å². The second-order valence-electron chi connectivity index (χ2n) is 6.97. The van der Waals surface area contributed by atoms with E-state index in [2.05, 4.69) is 31.0 Å². The van der Waals surface area contributed by atoms with Crippen molar-refractivity contribution in [2.45, 2.75) is 46.1 Å². The average molecular weight is 288 g/mol. The molecule has 0 amide bonds. The molecule has 5 atom stereocenters. The summed E-state index contributed by atoms with van der Waals surface area (Å²) in [4.78, 5) is 4.29. The number of nitrogens with two attached hydrogens (primary N) is 1. The van der Waals surface area contributed by atoms with Crippen LogP contribution >= 0.6 is 0 Å². The maximum atomic E-state index is 9.95.